The third kappa shape index (κ3) is 3.14. The van der Waals surface area contributed by atoms with Gasteiger partial charge in [-0.05, 0) is 30.4 Å². The fraction of sp³-hybridized carbons (Fsp3) is 0.389. The predicted molar refractivity (Wildman–Crippen MR) is 102 cm³/mol. The van der Waals surface area contributed by atoms with Crippen LogP contribution in [0, 0.1) is 5.82 Å². The summed E-state index contributed by atoms with van der Waals surface area (Å²) in [6.07, 6.45) is 3.54. The molecule has 0 atom stereocenters. The lowest BCUT2D eigenvalue weighted by Gasteiger charge is -2.32. The molecule has 1 fully saturated rings. The number of nitrogens with zero attached hydrogens (tertiary/aromatic N) is 4. The number of halogens is 2. The summed E-state index contributed by atoms with van der Waals surface area (Å²) in [6, 6.07) is 4.57. The molecule has 1 aliphatic rings. The number of hydrogen-bond acceptors (Lipinski definition) is 5. The lowest BCUT2D eigenvalue weighted by Crippen LogP contribution is -2.30. The van der Waals surface area contributed by atoms with Crippen LogP contribution in [0.15, 0.2) is 24.4 Å². The summed E-state index contributed by atoms with van der Waals surface area (Å²) in [7, 11) is 1.92. The number of thioether (sulfide) groups is 1. The number of hydrogen-bond donors (Lipinski definition) is 0. The van der Waals surface area contributed by atoms with Crippen molar-refractivity contribution in [3.05, 3.63) is 41.1 Å². The molecule has 0 N–H and O–H groups in total. The van der Waals surface area contributed by atoms with Gasteiger partial charge in [-0.2, -0.15) is 16.7 Å². The van der Waals surface area contributed by atoms with E-state index in [1.807, 2.05) is 23.4 Å². The van der Waals surface area contributed by atoms with Gasteiger partial charge in [0.25, 0.3) is 5.88 Å². The van der Waals surface area contributed by atoms with Gasteiger partial charge in [0, 0.05) is 30.8 Å². The molecule has 26 heavy (non-hydrogen) atoms. The van der Waals surface area contributed by atoms with Crippen LogP contribution in [0.3, 0.4) is 0 Å². The second-order valence-electron chi connectivity index (χ2n) is 6.70. The molecule has 1 aliphatic heterocycles. The number of pyridine rings is 2. The molecule has 0 spiro atoms. The van der Waals surface area contributed by atoms with E-state index >= 15 is 0 Å². The van der Waals surface area contributed by atoms with E-state index < -0.39 is 5.82 Å². The zero-order valence-corrected chi connectivity index (χ0v) is 16.1. The molecule has 8 heteroatoms. The number of aromatic nitrogens is 4. The predicted octanol–water partition coefficient (Wildman–Crippen LogP) is 4.73. The van der Waals surface area contributed by atoms with Gasteiger partial charge >= 0.3 is 0 Å². The molecule has 3 aromatic heterocycles. The molecule has 4 rings (SSSR count). The van der Waals surface area contributed by atoms with Crippen LogP contribution >= 0.6 is 23.4 Å². The van der Waals surface area contributed by atoms with E-state index in [1.54, 1.807) is 12.1 Å². The minimum atomic E-state index is -0.566. The first kappa shape index (κ1) is 17.5. The zero-order valence-electron chi connectivity index (χ0n) is 14.5. The molecular formula is C18H18ClFN4OS. The van der Waals surface area contributed by atoms with Gasteiger partial charge in [0.15, 0.2) is 11.5 Å². The standard InChI is InChI=1S/C18H18ClFN4OS/c1-18(5-7-26-8-6-18)17-22-13-9-12(20)16(23-15(13)24(17)2)25-14-4-3-11(19)10-21-14/h3-4,9-10H,5-8H2,1-2H3. The maximum absolute atomic E-state index is 14.5. The normalized spacial score (nSPS) is 16.8. The average Bonchev–Trinajstić information content (AvgIpc) is 2.95. The quantitative estimate of drug-likeness (QED) is 0.644. The summed E-state index contributed by atoms with van der Waals surface area (Å²) in [5.74, 6) is 2.71. The fourth-order valence-corrected chi connectivity index (χ4v) is 4.76. The van der Waals surface area contributed by atoms with Crippen molar-refractivity contribution in [1.29, 1.82) is 0 Å². The molecule has 5 nitrogen and oxygen atoms in total. The van der Waals surface area contributed by atoms with E-state index in [9.17, 15) is 4.39 Å². The average molecular weight is 393 g/mol. The number of fused-ring (bicyclic) bond motifs is 1. The Morgan fingerprint density at radius 2 is 2.04 bits per heavy atom. The summed E-state index contributed by atoms with van der Waals surface area (Å²) >= 11 is 7.78. The molecule has 1 saturated heterocycles. The van der Waals surface area contributed by atoms with Crippen molar-refractivity contribution in [2.24, 2.45) is 7.05 Å². The van der Waals surface area contributed by atoms with E-state index in [1.165, 1.54) is 12.3 Å². The van der Waals surface area contributed by atoms with Gasteiger partial charge in [-0.25, -0.2) is 14.4 Å². The Kier molecular flexibility index (Phi) is 4.52. The summed E-state index contributed by atoms with van der Waals surface area (Å²) in [4.78, 5) is 13.1. The number of rotatable bonds is 3. The smallest absolute Gasteiger partial charge is 0.259 e. The first-order chi connectivity index (χ1) is 12.5. The third-order valence-corrected chi connectivity index (χ3v) is 6.01. The van der Waals surface area contributed by atoms with E-state index in [4.69, 9.17) is 21.3 Å². The fourth-order valence-electron chi connectivity index (χ4n) is 3.25. The van der Waals surface area contributed by atoms with E-state index in [-0.39, 0.29) is 17.2 Å². The maximum atomic E-state index is 14.5. The highest BCUT2D eigenvalue weighted by Gasteiger charge is 2.34. The minimum absolute atomic E-state index is 0.0179. The lowest BCUT2D eigenvalue weighted by molar-refractivity contribution is 0.398. The molecule has 0 bridgehead atoms. The zero-order chi connectivity index (χ0) is 18.3. The van der Waals surface area contributed by atoms with Crippen molar-refractivity contribution >= 4 is 34.5 Å². The van der Waals surface area contributed by atoms with Crippen LogP contribution < -0.4 is 4.74 Å². The van der Waals surface area contributed by atoms with Crippen LogP contribution in [0.5, 0.6) is 11.8 Å². The van der Waals surface area contributed by atoms with Crippen LogP contribution in [0.4, 0.5) is 4.39 Å². The van der Waals surface area contributed by atoms with Gasteiger partial charge in [0.2, 0.25) is 5.88 Å². The molecule has 0 unspecified atom stereocenters. The Morgan fingerprint density at radius 1 is 1.27 bits per heavy atom. The van der Waals surface area contributed by atoms with Crippen molar-refractivity contribution in [1.82, 2.24) is 19.5 Å². The number of aryl methyl sites for hydroxylation is 1. The Balaban J connectivity index is 1.74. The Bertz CT molecular complexity index is 954. The Morgan fingerprint density at radius 3 is 2.73 bits per heavy atom. The molecule has 3 aromatic rings. The summed E-state index contributed by atoms with van der Waals surface area (Å²) in [5, 5.41) is 0.483. The summed E-state index contributed by atoms with van der Waals surface area (Å²) < 4.78 is 21.9. The molecule has 136 valence electrons. The number of ether oxygens (including phenoxy) is 1. The van der Waals surface area contributed by atoms with Crippen molar-refractivity contribution in [3.63, 3.8) is 0 Å². The Labute approximate surface area is 160 Å². The molecule has 0 aliphatic carbocycles. The van der Waals surface area contributed by atoms with Crippen molar-refractivity contribution in [2.75, 3.05) is 11.5 Å². The van der Waals surface area contributed by atoms with E-state index in [0.717, 1.165) is 30.2 Å². The van der Waals surface area contributed by atoms with Crippen LogP contribution in [0.2, 0.25) is 5.02 Å². The topological polar surface area (TPSA) is 52.8 Å². The van der Waals surface area contributed by atoms with Crippen LogP contribution in [0.1, 0.15) is 25.6 Å². The van der Waals surface area contributed by atoms with Gasteiger partial charge < -0.3 is 9.30 Å². The second-order valence-corrected chi connectivity index (χ2v) is 8.36. The van der Waals surface area contributed by atoms with Gasteiger partial charge in [-0.3, -0.25) is 0 Å². The summed E-state index contributed by atoms with van der Waals surface area (Å²) in [5.41, 5.74) is 1.12. The van der Waals surface area contributed by atoms with Gasteiger partial charge in [0.1, 0.15) is 11.3 Å². The highest BCUT2D eigenvalue weighted by Crippen LogP contribution is 2.38. The maximum Gasteiger partial charge on any atom is 0.259 e. The molecule has 0 saturated carbocycles. The van der Waals surface area contributed by atoms with Crippen molar-refractivity contribution in [2.45, 2.75) is 25.2 Å². The number of imidazole rings is 1. The van der Waals surface area contributed by atoms with E-state index in [0.29, 0.717) is 16.2 Å². The first-order valence-corrected chi connectivity index (χ1v) is 9.90. The van der Waals surface area contributed by atoms with Crippen LogP contribution in [0.25, 0.3) is 11.2 Å². The van der Waals surface area contributed by atoms with Crippen LogP contribution in [-0.4, -0.2) is 31.0 Å². The Hall–Kier alpha value is -1.86. The van der Waals surface area contributed by atoms with Crippen LogP contribution in [-0.2, 0) is 12.5 Å². The molecule has 0 aromatic carbocycles. The summed E-state index contributed by atoms with van der Waals surface area (Å²) in [6.45, 7) is 2.22. The molecule has 0 radical (unpaired) electrons. The van der Waals surface area contributed by atoms with Gasteiger partial charge in [0.05, 0.1) is 5.02 Å². The highest BCUT2D eigenvalue weighted by atomic mass is 35.5. The van der Waals surface area contributed by atoms with Gasteiger partial charge in [-0.1, -0.05) is 18.5 Å². The lowest BCUT2D eigenvalue weighted by atomic mass is 9.83. The largest absolute Gasteiger partial charge is 0.418 e. The molecular weight excluding hydrogens is 375 g/mol. The monoisotopic (exact) mass is 392 g/mol. The van der Waals surface area contributed by atoms with Gasteiger partial charge in [-0.15, -0.1) is 0 Å². The molecule has 4 heterocycles. The van der Waals surface area contributed by atoms with E-state index in [2.05, 4.69) is 16.9 Å². The first-order valence-electron chi connectivity index (χ1n) is 8.37. The third-order valence-electron chi connectivity index (χ3n) is 4.80. The molecule has 0 amide bonds. The highest BCUT2D eigenvalue weighted by molar-refractivity contribution is 7.99. The SMILES string of the molecule is Cn1c(C2(C)CCSCC2)nc2cc(F)c(Oc3ccc(Cl)cn3)nc21. The van der Waals surface area contributed by atoms with Crippen molar-refractivity contribution in [3.8, 4) is 11.8 Å². The second kappa shape index (κ2) is 6.70. The minimum Gasteiger partial charge on any atom is -0.418 e. The van der Waals surface area contributed by atoms with Crippen molar-refractivity contribution < 1.29 is 9.13 Å².